The molecule has 0 saturated heterocycles. The minimum atomic E-state index is 0.545. The second kappa shape index (κ2) is 4.24. The van der Waals surface area contributed by atoms with E-state index in [1.54, 1.807) is 6.26 Å². The zero-order valence-electron chi connectivity index (χ0n) is 10.4. The lowest BCUT2D eigenvalue weighted by Crippen LogP contribution is -2.15. The normalized spacial score (nSPS) is 15.2. The van der Waals surface area contributed by atoms with Gasteiger partial charge in [-0.15, -0.1) is 0 Å². The van der Waals surface area contributed by atoms with Gasteiger partial charge in [-0.3, -0.25) is 0 Å². The maximum atomic E-state index is 5.73. The summed E-state index contributed by atoms with van der Waals surface area (Å²) in [7, 11) is 0. The molecule has 0 radical (unpaired) electrons. The van der Waals surface area contributed by atoms with Gasteiger partial charge < -0.3 is 14.2 Å². The third kappa shape index (κ3) is 2.15. The summed E-state index contributed by atoms with van der Waals surface area (Å²) in [6, 6.07) is 10.5. The van der Waals surface area contributed by atoms with Crippen LogP contribution >= 0.6 is 0 Å². The molecule has 96 valence electrons. The van der Waals surface area contributed by atoms with Crippen LogP contribution in [0.2, 0.25) is 0 Å². The highest BCUT2D eigenvalue weighted by atomic mass is 16.4. The summed E-state index contributed by atoms with van der Waals surface area (Å²) in [5, 5.41) is 4.47. The van der Waals surface area contributed by atoms with Gasteiger partial charge in [0.25, 0.3) is 5.89 Å². The second-order valence-corrected chi connectivity index (χ2v) is 4.95. The van der Waals surface area contributed by atoms with Crippen LogP contribution in [0.5, 0.6) is 0 Å². The summed E-state index contributed by atoms with van der Waals surface area (Å²) in [5.41, 5.74) is 1.77. The highest BCUT2D eigenvalue weighted by Crippen LogP contribution is 2.27. The van der Waals surface area contributed by atoms with E-state index in [1.807, 2.05) is 30.3 Å². The lowest BCUT2D eigenvalue weighted by atomic mass is 10.2. The first-order valence-electron chi connectivity index (χ1n) is 6.55. The molecule has 1 saturated carbocycles. The number of para-hydroxylation sites is 1. The van der Waals surface area contributed by atoms with Crippen molar-refractivity contribution < 1.29 is 8.83 Å². The van der Waals surface area contributed by atoms with E-state index in [0.29, 0.717) is 17.7 Å². The molecule has 1 fully saturated rings. The van der Waals surface area contributed by atoms with Crippen molar-refractivity contribution in [2.24, 2.45) is 0 Å². The number of aromatic nitrogens is 1. The number of furan rings is 1. The molecule has 4 nitrogen and oxygen atoms in total. The van der Waals surface area contributed by atoms with Crippen molar-refractivity contribution in [3.63, 3.8) is 0 Å². The minimum absolute atomic E-state index is 0.545. The molecule has 0 unspecified atom stereocenters. The summed E-state index contributed by atoms with van der Waals surface area (Å²) < 4.78 is 11.2. The van der Waals surface area contributed by atoms with Gasteiger partial charge in [0.2, 0.25) is 0 Å². The molecule has 4 rings (SSSR count). The van der Waals surface area contributed by atoms with E-state index < -0.39 is 0 Å². The average Bonchev–Trinajstić information content (AvgIpc) is 2.99. The molecule has 4 heteroatoms. The van der Waals surface area contributed by atoms with Crippen LogP contribution < -0.4 is 5.32 Å². The number of nitrogens with zero attached hydrogens (tertiary/aromatic N) is 1. The standard InChI is InChI=1S/C15H14N2O2/c1-2-4-13-10(3-1)7-14(19-13)15-17-12(9-18-15)8-16-11-5-6-11/h1-4,7,9,11,16H,5-6,8H2. The van der Waals surface area contributed by atoms with Crippen molar-refractivity contribution in [3.8, 4) is 11.7 Å². The number of oxazole rings is 1. The van der Waals surface area contributed by atoms with E-state index in [1.165, 1.54) is 12.8 Å². The van der Waals surface area contributed by atoms with Crippen LogP contribution in [0, 0.1) is 0 Å². The molecule has 2 aromatic heterocycles. The molecule has 2 heterocycles. The fourth-order valence-corrected chi connectivity index (χ4v) is 2.12. The highest BCUT2D eigenvalue weighted by molar-refractivity contribution is 5.81. The quantitative estimate of drug-likeness (QED) is 0.775. The molecule has 1 aliphatic carbocycles. The first-order valence-corrected chi connectivity index (χ1v) is 6.55. The Labute approximate surface area is 110 Å². The predicted molar refractivity (Wildman–Crippen MR) is 71.6 cm³/mol. The van der Waals surface area contributed by atoms with Gasteiger partial charge in [0.15, 0.2) is 5.76 Å². The topological polar surface area (TPSA) is 51.2 Å². The van der Waals surface area contributed by atoms with Crippen LogP contribution in [0.4, 0.5) is 0 Å². The molecule has 19 heavy (non-hydrogen) atoms. The summed E-state index contributed by atoms with van der Waals surface area (Å²) in [5.74, 6) is 1.22. The van der Waals surface area contributed by atoms with Crippen LogP contribution in [0.3, 0.4) is 0 Å². The Balaban J connectivity index is 1.60. The van der Waals surface area contributed by atoms with E-state index in [2.05, 4.69) is 10.3 Å². The van der Waals surface area contributed by atoms with E-state index in [0.717, 1.165) is 23.2 Å². The van der Waals surface area contributed by atoms with Gasteiger partial charge in [0, 0.05) is 18.0 Å². The lowest BCUT2D eigenvalue weighted by Gasteiger charge is -1.95. The average molecular weight is 254 g/mol. The van der Waals surface area contributed by atoms with E-state index >= 15 is 0 Å². The van der Waals surface area contributed by atoms with E-state index in [4.69, 9.17) is 8.83 Å². The Morgan fingerprint density at radius 1 is 1.26 bits per heavy atom. The van der Waals surface area contributed by atoms with Crippen molar-refractivity contribution >= 4 is 11.0 Å². The number of benzene rings is 1. The molecular weight excluding hydrogens is 240 g/mol. The SMILES string of the molecule is c1ccc2oc(-c3nc(CNC4CC4)co3)cc2c1. The van der Waals surface area contributed by atoms with Gasteiger partial charge in [-0.05, 0) is 25.0 Å². The maximum absolute atomic E-state index is 5.73. The summed E-state index contributed by atoms with van der Waals surface area (Å²) in [6.45, 7) is 0.758. The van der Waals surface area contributed by atoms with Crippen LogP contribution in [-0.4, -0.2) is 11.0 Å². The van der Waals surface area contributed by atoms with Gasteiger partial charge in [0.05, 0.1) is 5.69 Å². The molecule has 1 aromatic carbocycles. The van der Waals surface area contributed by atoms with E-state index in [9.17, 15) is 0 Å². The van der Waals surface area contributed by atoms with Crippen molar-refractivity contribution in [1.29, 1.82) is 0 Å². The van der Waals surface area contributed by atoms with Gasteiger partial charge in [-0.1, -0.05) is 18.2 Å². The molecule has 1 aliphatic rings. The monoisotopic (exact) mass is 254 g/mol. The van der Waals surface area contributed by atoms with Crippen LogP contribution in [0.1, 0.15) is 18.5 Å². The zero-order chi connectivity index (χ0) is 12.7. The summed E-state index contributed by atoms with van der Waals surface area (Å²) >= 11 is 0. The number of hydrogen-bond donors (Lipinski definition) is 1. The number of nitrogens with one attached hydrogen (secondary N) is 1. The lowest BCUT2D eigenvalue weighted by molar-refractivity contribution is 0.532. The Kier molecular flexibility index (Phi) is 2.42. The third-order valence-corrected chi connectivity index (χ3v) is 3.34. The first-order chi connectivity index (χ1) is 9.38. The van der Waals surface area contributed by atoms with Crippen molar-refractivity contribution in [2.75, 3.05) is 0 Å². The van der Waals surface area contributed by atoms with Gasteiger partial charge >= 0.3 is 0 Å². The minimum Gasteiger partial charge on any atom is -0.451 e. The van der Waals surface area contributed by atoms with Gasteiger partial charge in [0.1, 0.15) is 11.8 Å². The number of rotatable bonds is 4. The summed E-state index contributed by atoms with van der Waals surface area (Å²) in [6.07, 6.45) is 4.24. The van der Waals surface area contributed by atoms with Crippen LogP contribution in [-0.2, 0) is 6.54 Å². The largest absolute Gasteiger partial charge is 0.451 e. The summed E-state index contributed by atoms with van der Waals surface area (Å²) in [4.78, 5) is 4.45. The Hall–Kier alpha value is -2.07. The molecule has 0 spiro atoms. The Morgan fingerprint density at radius 3 is 3.00 bits per heavy atom. The van der Waals surface area contributed by atoms with Crippen molar-refractivity contribution in [2.45, 2.75) is 25.4 Å². The molecule has 1 N–H and O–H groups in total. The van der Waals surface area contributed by atoms with E-state index in [-0.39, 0.29) is 0 Å². The smallest absolute Gasteiger partial charge is 0.263 e. The maximum Gasteiger partial charge on any atom is 0.263 e. The molecule has 0 aliphatic heterocycles. The second-order valence-electron chi connectivity index (χ2n) is 4.95. The Morgan fingerprint density at radius 2 is 2.16 bits per heavy atom. The third-order valence-electron chi connectivity index (χ3n) is 3.34. The molecule has 0 bridgehead atoms. The van der Waals surface area contributed by atoms with Gasteiger partial charge in [-0.25, -0.2) is 4.98 Å². The number of fused-ring (bicyclic) bond motifs is 1. The van der Waals surface area contributed by atoms with Crippen molar-refractivity contribution in [3.05, 3.63) is 42.3 Å². The Bertz CT molecular complexity index is 677. The van der Waals surface area contributed by atoms with Crippen LogP contribution in [0.15, 0.2) is 45.4 Å². The molecule has 3 aromatic rings. The number of hydrogen-bond acceptors (Lipinski definition) is 4. The molecule has 0 atom stereocenters. The first kappa shape index (κ1) is 10.8. The van der Waals surface area contributed by atoms with Crippen LogP contribution in [0.25, 0.3) is 22.6 Å². The highest BCUT2D eigenvalue weighted by Gasteiger charge is 2.21. The van der Waals surface area contributed by atoms with Crippen molar-refractivity contribution in [1.82, 2.24) is 10.3 Å². The zero-order valence-corrected chi connectivity index (χ0v) is 10.4. The molecule has 0 amide bonds. The fraction of sp³-hybridized carbons (Fsp3) is 0.267. The van der Waals surface area contributed by atoms with Gasteiger partial charge in [-0.2, -0.15) is 0 Å². The molecular formula is C15H14N2O2. The predicted octanol–water partition coefficient (Wildman–Crippen LogP) is 3.34. The fourth-order valence-electron chi connectivity index (χ4n) is 2.12.